The summed E-state index contributed by atoms with van der Waals surface area (Å²) >= 11 is 0. The molecule has 1 aromatic heterocycles. The van der Waals surface area contributed by atoms with Crippen LogP contribution in [-0.4, -0.2) is 40.2 Å². The first kappa shape index (κ1) is 14.9. The summed E-state index contributed by atoms with van der Waals surface area (Å²) in [6, 6.07) is -0.776. The Bertz CT molecular complexity index is 462. The Kier molecular flexibility index (Phi) is 5.23. The Morgan fingerprint density at radius 1 is 1.42 bits per heavy atom. The van der Waals surface area contributed by atoms with Crippen LogP contribution in [0.2, 0.25) is 0 Å². The fourth-order valence-electron chi connectivity index (χ4n) is 1.51. The third-order valence-electron chi connectivity index (χ3n) is 2.36. The number of ether oxygens (including phenoxy) is 1. The van der Waals surface area contributed by atoms with E-state index in [4.69, 9.17) is 5.11 Å². The van der Waals surface area contributed by atoms with Gasteiger partial charge >= 0.3 is 11.9 Å². The van der Waals surface area contributed by atoms with Gasteiger partial charge in [-0.2, -0.15) is 0 Å². The van der Waals surface area contributed by atoms with Crippen molar-refractivity contribution in [3.8, 4) is 0 Å². The molecule has 104 valence electrons. The van der Waals surface area contributed by atoms with Crippen molar-refractivity contribution in [2.24, 2.45) is 5.92 Å². The highest BCUT2D eigenvalue weighted by molar-refractivity contribution is 5.87. The van der Waals surface area contributed by atoms with Crippen molar-refractivity contribution in [1.29, 1.82) is 0 Å². The van der Waals surface area contributed by atoms with Crippen molar-refractivity contribution in [2.75, 3.05) is 12.4 Å². The van der Waals surface area contributed by atoms with Crippen molar-refractivity contribution in [3.63, 3.8) is 0 Å². The lowest BCUT2D eigenvalue weighted by Crippen LogP contribution is -2.31. The van der Waals surface area contributed by atoms with Gasteiger partial charge in [0.1, 0.15) is 11.9 Å². The number of nitrogens with one attached hydrogen (secondary N) is 1. The third kappa shape index (κ3) is 4.53. The third-order valence-corrected chi connectivity index (χ3v) is 2.36. The van der Waals surface area contributed by atoms with Crippen molar-refractivity contribution in [1.82, 2.24) is 9.97 Å². The van der Waals surface area contributed by atoms with E-state index in [1.54, 1.807) is 0 Å². The summed E-state index contributed by atoms with van der Waals surface area (Å²) in [5, 5.41) is 11.9. The molecule has 0 aromatic carbocycles. The Hall–Kier alpha value is -2.18. The van der Waals surface area contributed by atoms with Gasteiger partial charge in [-0.3, -0.25) is 4.98 Å². The molecule has 1 aromatic rings. The zero-order chi connectivity index (χ0) is 14.4. The minimum Gasteiger partial charge on any atom is -0.480 e. The summed E-state index contributed by atoms with van der Waals surface area (Å²) in [4.78, 5) is 30.2. The molecule has 1 atom stereocenters. The van der Waals surface area contributed by atoms with Crippen molar-refractivity contribution < 1.29 is 19.4 Å². The summed E-state index contributed by atoms with van der Waals surface area (Å²) in [7, 11) is 1.24. The van der Waals surface area contributed by atoms with Gasteiger partial charge in [-0.05, 0) is 12.3 Å². The van der Waals surface area contributed by atoms with E-state index in [1.807, 2.05) is 13.8 Å². The smallest absolute Gasteiger partial charge is 0.358 e. The fraction of sp³-hybridized carbons (Fsp3) is 0.500. The predicted molar refractivity (Wildman–Crippen MR) is 67.9 cm³/mol. The number of aromatic nitrogens is 2. The molecule has 0 saturated heterocycles. The molecule has 0 bridgehead atoms. The lowest BCUT2D eigenvalue weighted by molar-refractivity contribution is -0.138. The maximum atomic E-state index is 11.3. The van der Waals surface area contributed by atoms with E-state index >= 15 is 0 Å². The van der Waals surface area contributed by atoms with Gasteiger partial charge in [0.15, 0.2) is 5.69 Å². The molecule has 0 radical (unpaired) electrons. The summed E-state index contributed by atoms with van der Waals surface area (Å²) in [6.45, 7) is 3.85. The van der Waals surface area contributed by atoms with E-state index < -0.39 is 18.0 Å². The number of carbonyl (C=O) groups is 2. The van der Waals surface area contributed by atoms with Crippen LogP contribution in [0.1, 0.15) is 30.8 Å². The van der Waals surface area contributed by atoms with Gasteiger partial charge in [0.05, 0.1) is 19.5 Å². The number of rotatable bonds is 6. The molecule has 1 heterocycles. The maximum Gasteiger partial charge on any atom is 0.358 e. The van der Waals surface area contributed by atoms with Crippen LogP contribution in [0.5, 0.6) is 0 Å². The number of anilines is 1. The van der Waals surface area contributed by atoms with Crippen LogP contribution < -0.4 is 5.32 Å². The van der Waals surface area contributed by atoms with Crippen molar-refractivity contribution in [3.05, 3.63) is 18.1 Å². The molecule has 0 unspecified atom stereocenters. The molecule has 0 aliphatic carbocycles. The Balaban J connectivity index is 2.84. The average Bonchev–Trinajstić information content (AvgIpc) is 2.36. The van der Waals surface area contributed by atoms with Crippen LogP contribution in [0.4, 0.5) is 5.82 Å². The predicted octanol–water partition coefficient (Wildman–Crippen LogP) is 1.17. The quantitative estimate of drug-likeness (QED) is 0.746. The second kappa shape index (κ2) is 6.67. The number of hydrogen-bond donors (Lipinski definition) is 2. The zero-order valence-corrected chi connectivity index (χ0v) is 11.1. The lowest BCUT2D eigenvalue weighted by atomic mass is 10.0. The Morgan fingerprint density at radius 3 is 2.63 bits per heavy atom. The van der Waals surface area contributed by atoms with Crippen LogP contribution in [0.15, 0.2) is 12.4 Å². The van der Waals surface area contributed by atoms with Crippen LogP contribution in [0, 0.1) is 5.92 Å². The number of carboxylic acid groups (broad SMARTS) is 1. The van der Waals surface area contributed by atoms with Gasteiger partial charge in [-0.25, -0.2) is 14.6 Å². The maximum absolute atomic E-state index is 11.3. The first-order valence-corrected chi connectivity index (χ1v) is 5.83. The molecular weight excluding hydrogens is 250 g/mol. The largest absolute Gasteiger partial charge is 0.480 e. The highest BCUT2D eigenvalue weighted by atomic mass is 16.5. The molecule has 0 amide bonds. The van der Waals surface area contributed by atoms with Crippen LogP contribution in [0.25, 0.3) is 0 Å². The number of hydrogen-bond acceptors (Lipinski definition) is 6. The SMILES string of the molecule is COC(=O)c1cncc(N[C@@H](CC(C)C)C(=O)O)n1. The highest BCUT2D eigenvalue weighted by Gasteiger charge is 2.19. The monoisotopic (exact) mass is 267 g/mol. The molecule has 1 rings (SSSR count). The van der Waals surface area contributed by atoms with E-state index in [1.165, 1.54) is 19.5 Å². The van der Waals surface area contributed by atoms with Crippen LogP contribution in [-0.2, 0) is 9.53 Å². The first-order valence-electron chi connectivity index (χ1n) is 5.83. The summed E-state index contributed by atoms with van der Waals surface area (Å²) < 4.78 is 4.52. The number of esters is 1. The molecule has 0 aliphatic rings. The molecule has 19 heavy (non-hydrogen) atoms. The van der Waals surface area contributed by atoms with E-state index in [0.717, 1.165) is 0 Å². The second-order valence-electron chi connectivity index (χ2n) is 4.45. The topological polar surface area (TPSA) is 101 Å². The number of nitrogens with zero attached hydrogens (tertiary/aromatic N) is 2. The summed E-state index contributed by atoms with van der Waals surface area (Å²) in [5.41, 5.74) is 0.0289. The molecule has 0 fully saturated rings. The molecule has 0 saturated carbocycles. The van der Waals surface area contributed by atoms with Gasteiger partial charge in [0.2, 0.25) is 0 Å². The van der Waals surface area contributed by atoms with E-state index in [2.05, 4.69) is 20.0 Å². The Morgan fingerprint density at radius 2 is 2.11 bits per heavy atom. The second-order valence-corrected chi connectivity index (χ2v) is 4.45. The summed E-state index contributed by atoms with van der Waals surface area (Å²) in [5.74, 6) is -1.15. The number of carbonyl (C=O) groups excluding carboxylic acids is 1. The molecule has 7 nitrogen and oxygen atoms in total. The minimum absolute atomic E-state index is 0.0289. The lowest BCUT2D eigenvalue weighted by Gasteiger charge is -2.16. The number of carboxylic acids is 1. The van der Waals surface area contributed by atoms with Crippen molar-refractivity contribution >= 4 is 17.8 Å². The number of aliphatic carboxylic acids is 1. The number of methoxy groups -OCH3 is 1. The van der Waals surface area contributed by atoms with Gasteiger partial charge in [0.25, 0.3) is 0 Å². The summed E-state index contributed by atoms with van der Waals surface area (Å²) in [6.07, 6.45) is 3.07. The average molecular weight is 267 g/mol. The Labute approximate surface area is 111 Å². The molecule has 0 aliphatic heterocycles. The van der Waals surface area contributed by atoms with Gasteiger partial charge in [0, 0.05) is 0 Å². The normalized spacial score (nSPS) is 12.0. The molecular formula is C12H17N3O4. The molecule has 2 N–H and O–H groups in total. The molecule has 0 spiro atoms. The van der Waals surface area contributed by atoms with Gasteiger partial charge < -0.3 is 15.2 Å². The van der Waals surface area contributed by atoms with Gasteiger partial charge in [-0.1, -0.05) is 13.8 Å². The van der Waals surface area contributed by atoms with Crippen molar-refractivity contribution in [2.45, 2.75) is 26.3 Å². The standard InChI is InChI=1S/C12H17N3O4/c1-7(2)4-8(11(16)17)14-10-6-13-5-9(15-10)12(18)19-3/h5-8H,4H2,1-3H3,(H,14,15)(H,16,17)/t8-/m0/s1. The van der Waals surface area contributed by atoms with E-state index in [-0.39, 0.29) is 17.4 Å². The first-order chi connectivity index (χ1) is 8.93. The zero-order valence-electron chi connectivity index (χ0n) is 11.1. The van der Waals surface area contributed by atoms with E-state index in [9.17, 15) is 9.59 Å². The minimum atomic E-state index is -0.973. The van der Waals surface area contributed by atoms with E-state index in [0.29, 0.717) is 6.42 Å². The van der Waals surface area contributed by atoms with Crippen LogP contribution in [0.3, 0.4) is 0 Å². The fourth-order valence-corrected chi connectivity index (χ4v) is 1.51. The highest BCUT2D eigenvalue weighted by Crippen LogP contribution is 2.11. The van der Waals surface area contributed by atoms with Gasteiger partial charge in [-0.15, -0.1) is 0 Å². The van der Waals surface area contributed by atoms with Crippen LogP contribution >= 0.6 is 0 Å². The molecule has 7 heteroatoms.